The maximum absolute atomic E-state index is 10.5. The van der Waals surface area contributed by atoms with E-state index < -0.39 is 7.82 Å². The first kappa shape index (κ1) is 33.2. The third-order valence-corrected chi connectivity index (χ3v) is 5.91. The molecular formula is C24H54NO5P. The number of aliphatic hydroxyl groups excluding tert-OH is 1. The molecule has 0 spiro atoms. The Hall–Kier alpha value is 0.0300. The van der Waals surface area contributed by atoms with Crippen LogP contribution in [0.4, 0.5) is 0 Å². The number of nitrogens with two attached hydrogens (primary N) is 1. The predicted molar refractivity (Wildman–Crippen MR) is 132 cm³/mol. The topological polar surface area (TPSA) is 113 Å². The van der Waals surface area contributed by atoms with Crippen LogP contribution in [0.5, 0.6) is 0 Å². The van der Waals surface area contributed by atoms with Gasteiger partial charge in [0.25, 0.3) is 0 Å². The Balaban J connectivity index is 0. The molecule has 0 amide bonds. The van der Waals surface area contributed by atoms with Gasteiger partial charge < -0.3 is 20.6 Å². The van der Waals surface area contributed by atoms with E-state index in [2.05, 4.69) is 11.4 Å². The van der Waals surface area contributed by atoms with Crippen molar-refractivity contribution in [2.75, 3.05) is 19.8 Å². The zero-order valence-corrected chi connectivity index (χ0v) is 21.3. The summed E-state index contributed by atoms with van der Waals surface area (Å²) in [5, 5.41) is 7.75. The Morgan fingerprint density at radius 1 is 0.613 bits per heavy atom. The number of rotatable bonds is 23. The molecule has 0 aromatic rings. The SMILES string of the molecule is CCCCCCCCCCCCCCCCCCCCCCOP(=O)(O)O.NCCO. The van der Waals surface area contributed by atoms with Crippen molar-refractivity contribution in [3.05, 3.63) is 0 Å². The summed E-state index contributed by atoms with van der Waals surface area (Å²) in [5.41, 5.74) is 4.78. The molecule has 0 atom stereocenters. The number of phosphoric acid groups is 1. The molecule has 31 heavy (non-hydrogen) atoms. The normalized spacial score (nSPS) is 11.4. The zero-order valence-electron chi connectivity index (χ0n) is 20.4. The third-order valence-electron chi connectivity index (χ3n) is 5.39. The Kier molecular flexibility index (Phi) is 30.1. The van der Waals surface area contributed by atoms with Gasteiger partial charge in [-0.05, 0) is 6.42 Å². The van der Waals surface area contributed by atoms with Gasteiger partial charge in [0, 0.05) is 6.54 Å². The van der Waals surface area contributed by atoms with Crippen LogP contribution in [0.15, 0.2) is 0 Å². The van der Waals surface area contributed by atoms with Gasteiger partial charge in [-0.2, -0.15) is 0 Å². The second kappa shape index (κ2) is 28.1. The maximum Gasteiger partial charge on any atom is 0.469 e. The summed E-state index contributed by atoms with van der Waals surface area (Å²) in [4.78, 5) is 17.1. The lowest BCUT2D eigenvalue weighted by atomic mass is 10.0. The molecule has 5 N–H and O–H groups in total. The minimum Gasteiger partial charge on any atom is -0.395 e. The van der Waals surface area contributed by atoms with Gasteiger partial charge in [0.15, 0.2) is 0 Å². The van der Waals surface area contributed by atoms with E-state index in [4.69, 9.17) is 20.6 Å². The summed E-state index contributed by atoms with van der Waals surface area (Å²) >= 11 is 0. The molecule has 0 unspecified atom stereocenters. The Labute approximate surface area is 193 Å². The number of hydrogen-bond donors (Lipinski definition) is 4. The molecule has 0 saturated heterocycles. The minimum absolute atomic E-state index is 0.0972. The first-order valence-electron chi connectivity index (χ1n) is 13.0. The van der Waals surface area contributed by atoms with Crippen molar-refractivity contribution in [1.29, 1.82) is 0 Å². The smallest absolute Gasteiger partial charge is 0.395 e. The van der Waals surface area contributed by atoms with E-state index in [1.54, 1.807) is 0 Å². The van der Waals surface area contributed by atoms with Crippen LogP contribution in [-0.2, 0) is 9.09 Å². The van der Waals surface area contributed by atoms with E-state index in [1.165, 1.54) is 109 Å². The number of aliphatic hydroxyl groups is 1. The summed E-state index contributed by atoms with van der Waals surface area (Å²) in [7, 11) is -4.26. The Morgan fingerprint density at radius 2 is 0.871 bits per heavy atom. The van der Waals surface area contributed by atoms with Crippen LogP contribution in [0.25, 0.3) is 0 Å². The van der Waals surface area contributed by atoms with Crippen molar-refractivity contribution < 1.29 is 24.0 Å². The number of unbranched alkanes of at least 4 members (excludes halogenated alkanes) is 19. The van der Waals surface area contributed by atoms with Crippen molar-refractivity contribution in [2.24, 2.45) is 5.73 Å². The van der Waals surface area contributed by atoms with Crippen molar-refractivity contribution >= 4 is 7.82 Å². The first-order valence-corrected chi connectivity index (χ1v) is 14.5. The highest BCUT2D eigenvalue weighted by atomic mass is 31.2. The van der Waals surface area contributed by atoms with Crippen LogP contribution in [-0.4, -0.2) is 34.7 Å². The van der Waals surface area contributed by atoms with Crippen molar-refractivity contribution in [2.45, 2.75) is 135 Å². The molecule has 0 aromatic heterocycles. The standard InChI is InChI=1S/C22H47O4P.C2H7NO/c1-2-3-4-5-6-7-8-9-10-11-12-13-14-15-16-17-18-19-20-21-22-26-27(23,24)25;3-1-2-4/h2-22H2,1H3,(H2,23,24,25);4H,1-3H2. The van der Waals surface area contributed by atoms with Gasteiger partial charge in [-0.3, -0.25) is 4.52 Å². The summed E-state index contributed by atoms with van der Waals surface area (Å²) in [6.45, 7) is 2.92. The lowest BCUT2D eigenvalue weighted by Crippen LogP contribution is -2.02. The highest BCUT2D eigenvalue weighted by Crippen LogP contribution is 2.35. The van der Waals surface area contributed by atoms with E-state index in [0.29, 0.717) is 6.54 Å². The Bertz CT molecular complexity index is 364. The van der Waals surface area contributed by atoms with E-state index in [9.17, 15) is 4.57 Å². The second-order valence-electron chi connectivity index (χ2n) is 8.55. The highest BCUT2D eigenvalue weighted by Gasteiger charge is 2.12. The van der Waals surface area contributed by atoms with Crippen molar-refractivity contribution in [1.82, 2.24) is 0 Å². The van der Waals surface area contributed by atoms with Crippen molar-refractivity contribution in [3.8, 4) is 0 Å². The molecule has 0 radical (unpaired) electrons. The summed E-state index contributed by atoms with van der Waals surface area (Å²) in [6.07, 6.45) is 26.5. The quantitative estimate of drug-likeness (QED) is 0.0965. The number of phosphoric ester groups is 1. The van der Waals surface area contributed by atoms with Crippen LogP contribution in [0.1, 0.15) is 135 Å². The highest BCUT2D eigenvalue weighted by molar-refractivity contribution is 7.46. The van der Waals surface area contributed by atoms with Gasteiger partial charge in [-0.25, -0.2) is 4.57 Å². The molecule has 0 bridgehead atoms. The number of hydrogen-bond acceptors (Lipinski definition) is 4. The van der Waals surface area contributed by atoms with Crippen LogP contribution in [0.2, 0.25) is 0 Å². The molecule has 6 nitrogen and oxygen atoms in total. The van der Waals surface area contributed by atoms with Gasteiger partial charge >= 0.3 is 7.82 Å². The molecule has 0 aliphatic heterocycles. The second-order valence-corrected chi connectivity index (χ2v) is 9.79. The van der Waals surface area contributed by atoms with E-state index >= 15 is 0 Å². The maximum atomic E-state index is 10.5. The van der Waals surface area contributed by atoms with Gasteiger partial charge in [0.1, 0.15) is 0 Å². The van der Waals surface area contributed by atoms with Crippen molar-refractivity contribution in [3.63, 3.8) is 0 Å². The molecule has 0 aliphatic carbocycles. The van der Waals surface area contributed by atoms with Gasteiger partial charge in [-0.1, -0.05) is 129 Å². The van der Waals surface area contributed by atoms with Crippen LogP contribution >= 0.6 is 7.82 Å². The zero-order chi connectivity index (χ0) is 23.5. The minimum atomic E-state index is -4.26. The van der Waals surface area contributed by atoms with E-state index in [0.717, 1.165) is 19.3 Å². The summed E-state index contributed by atoms with van der Waals surface area (Å²) in [6, 6.07) is 0. The molecule has 190 valence electrons. The predicted octanol–water partition coefficient (Wildman–Crippen LogP) is 6.86. The van der Waals surface area contributed by atoms with Gasteiger partial charge in [-0.15, -0.1) is 0 Å². The van der Waals surface area contributed by atoms with Gasteiger partial charge in [0.2, 0.25) is 0 Å². The van der Waals surface area contributed by atoms with E-state index in [1.807, 2.05) is 0 Å². The molecule has 0 rings (SSSR count). The largest absolute Gasteiger partial charge is 0.469 e. The molecule has 7 heteroatoms. The first-order chi connectivity index (χ1) is 15.0. The lowest BCUT2D eigenvalue weighted by Gasteiger charge is -2.05. The van der Waals surface area contributed by atoms with Crippen LogP contribution in [0.3, 0.4) is 0 Å². The molecule has 0 heterocycles. The average molecular weight is 468 g/mol. The molecule has 0 fully saturated rings. The van der Waals surface area contributed by atoms with Crippen LogP contribution < -0.4 is 5.73 Å². The third kappa shape index (κ3) is 37.7. The summed E-state index contributed by atoms with van der Waals surface area (Å²) in [5.74, 6) is 0. The van der Waals surface area contributed by atoms with Gasteiger partial charge in [0.05, 0.1) is 13.2 Å². The fraction of sp³-hybridized carbons (Fsp3) is 1.00. The fourth-order valence-corrected chi connectivity index (χ4v) is 3.91. The van der Waals surface area contributed by atoms with Crippen LogP contribution in [0, 0.1) is 0 Å². The molecule has 0 aromatic carbocycles. The fourth-order valence-electron chi connectivity index (χ4n) is 3.54. The summed E-state index contributed by atoms with van der Waals surface area (Å²) < 4.78 is 14.9. The molecular weight excluding hydrogens is 413 g/mol. The lowest BCUT2D eigenvalue weighted by molar-refractivity contribution is 0.193. The molecule has 0 aliphatic rings. The Morgan fingerprint density at radius 3 is 1.10 bits per heavy atom. The average Bonchev–Trinajstić information content (AvgIpc) is 2.74. The molecule has 0 saturated carbocycles. The van der Waals surface area contributed by atoms with E-state index in [-0.39, 0.29) is 13.2 Å². The monoisotopic (exact) mass is 467 g/mol.